The molecule has 0 aliphatic heterocycles. The van der Waals surface area contributed by atoms with Gasteiger partial charge in [0, 0.05) is 6.61 Å². The van der Waals surface area contributed by atoms with Crippen molar-refractivity contribution >= 4 is 0 Å². The third-order valence-electron chi connectivity index (χ3n) is 3.04. The second kappa shape index (κ2) is 5.61. The van der Waals surface area contributed by atoms with Crippen LogP contribution in [0.3, 0.4) is 0 Å². The molecule has 1 unspecified atom stereocenters. The van der Waals surface area contributed by atoms with Crippen molar-refractivity contribution in [1.29, 1.82) is 0 Å². The van der Waals surface area contributed by atoms with Gasteiger partial charge in [0.05, 0.1) is 11.6 Å². The number of nitrogens with one attached hydrogen (secondary N) is 1. The molecule has 1 rings (SSSR count). The van der Waals surface area contributed by atoms with Crippen molar-refractivity contribution in [1.82, 2.24) is 5.32 Å². The molecule has 0 aliphatic carbocycles. The molecule has 3 heteroatoms. The predicted molar refractivity (Wildman–Crippen MR) is 68.6 cm³/mol. The zero-order chi connectivity index (χ0) is 13.1. The first-order valence-electron chi connectivity index (χ1n) is 5.99. The minimum Gasteiger partial charge on any atom is -0.374 e. The summed E-state index contributed by atoms with van der Waals surface area (Å²) < 4.78 is 18.9. The summed E-state index contributed by atoms with van der Waals surface area (Å²) in [6.07, 6.45) is 0. The quantitative estimate of drug-likeness (QED) is 0.852. The number of ether oxygens (including phenoxy) is 1. The molecule has 0 heterocycles. The Morgan fingerprint density at radius 2 is 2.06 bits per heavy atom. The van der Waals surface area contributed by atoms with E-state index in [1.165, 1.54) is 6.07 Å². The average Bonchev–Trinajstić information content (AvgIpc) is 2.21. The lowest BCUT2D eigenvalue weighted by molar-refractivity contribution is -0.0376. The van der Waals surface area contributed by atoms with Crippen LogP contribution in [-0.4, -0.2) is 19.3 Å². The van der Waals surface area contributed by atoms with Crippen LogP contribution in [0.25, 0.3) is 0 Å². The summed E-state index contributed by atoms with van der Waals surface area (Å²) in [6.45, 7) is 8.64. The number of halogens is 1. The summed E-state index contributed by atoms with van der Waals surface area (Å²) in [7, 11) is 1.90. The van der Waals surface area contributed by atoms with Gasteiger partial charge in [0.1, 0.15) is 5.82 Å². The van der Waals surface area contributed by atoms with E-state index >= 15 is 0 Å². The highest BCUT2D eigenvalue weighted by Crippen LogP contribution is 2.30. The highest BCUT2D eigenvalue weighted by Gasteiger charge is 2.31. The molecule has 1 aromatic rings. The van der Waals surface area contributed by atoms with E-state index < -0.39 is 0 Å². The minimum atomic E-state index is -0.327. The zero-order valence-corrected chi connectivity index (χ0v) is 11.3. The Morgan fingerprint density at radius 3 is 2.53 bits per heavy atom. The van der Waals surface area contributed by atoms with Crippen molar-refractivity contribution in [3.05, 3.63) is 35.1 Å². The van der Waals surface area contributed by atoms with Gasteiger partial charge >= 0.3 is 0 Å². The molecule has 0 saturated heterocycles. The lowest BCUT2D eigenvalue weighted by atomic mass is 9.89. The van der Waals surface area contributed by atoms with Gasteiger partial charge in [-0.2, -0.15) is 0 Å². The van der Waals surface area contributed by atoms with Crippen LogP contribution in [0.15, 0.2) is 18.2 Å². The van der Waals surface area contributed by atoms with Gasteiger partial charge in [-0.25, -0.2) is 4.39 Å². The second-order valence-corrected chi connectivity index (χ2v) is 4.76. The summed E-state index contributed by atoms with van der Waals surface area (Å²) >= 11 is 0. The first-order chi connectivity index (χ1) is 7.92. The summed E-state index contributed by atoms with van der Waals surface area (Å²) in [5.41, 5.74) is 1.69. The summed E-state index contributed by atoms with van der Waals surface area (Å²) in [5.74, 6) is -0.199. The van der Waals surface area contributed by atoms with Crippen LogP contribution in [0.4, 0.5) is 4.39 Å². The van der Waals surface area contributed by atoms with Crippen LogP contribution >= 0.6 is 0 Å². The van der Waals surface area contributed by atoms with E-state index in [1.54, 1.807) is 6.07 Å². The van der Waals surface area contributed by atoms with Gasteiger partial charge in [-0.05, 0) is 58.0 Å². The van der Waals surface area contributed by atoms with Crippen molar-refractivity contribution in [3.63, 3.8) is 0 Å². The van der Waals surface area contributed by atoms with E-state index in [2.05, 4.69) is 5.32 Å². The van der Waals surface area contributed by atoms with Gasteiger partial charge in [0.25, 0.3) is 0 Å². The number of aryl methyl sites for hydroxylation is 1. The Hall–Kier alpha value is -0.930. The fraction of sp³-hybridized carbons (Fsp3) is 0.571. The second-order valence-electron chi connectivity index (χ2n) is 4.76. The molecule has 96 valence electrons. The molecular weight excluding hydrogens is 217 g/mol. The van der Waals surface area contributed by atoms with E-state index in [-0.39, 0.29) is 17.5 Å². The maximum atomic E-state index is 13.1. The first kappa shape index (κ1) is 14.1. The van der Waals surface area contributed by atoms with Crippen LogP contribution in [0.2, 0.25) is 0 Å². The normalized spacial score (nSPS) is 13.8. The Labute approximate surface area is 103 Å². The summed E-state index contributed by atoms with van der Waals surface area (Å²) in [4.78, 5) is 0. The molecule has 0 aromatic heterocycles. The standard InChI is InChI=1S/C14H22FNO/c1-6-17-14(3,4)13(16-5)12-8-7-11(15)9-10(12)2/h7-9,13,16H,6H2,1-5H3. The summed E-state index contributed by atoms with van der Waals surface area (Å²) in [5, 5.41) is 3.26. The van der Waals surface area contributed by atoms with Crippen molar-refractivity contribution in [2.45, 2.75) is 39.3 Å². The molecule has 0 spiro atoms. The van der Waals surface area contributed by atoms with Gasteiger partial charge in [0.2, 0.25) is 0 Å². The topological polar surface area (TPSA) is 21.3 Å². The van der Waals surface area contributed by atoms with Crippen LogP contribution in [-0.2, 0) is 4.74 Å². The van der Waals surface area contributed by atoms with Crippen molar-refractivity contribution in [3.8, 4) is 0 Å². The largest absolute Gasteiger partial charge is 0.374 e. The molecule has 1 N–H and O–H groups in total. The molecule has 0 amide bonds. The van der Waals surface area contributed by atoms with E-state index in [1.807, 2.05) is 40.8 Å². The molecular formula is C14H22FNO. The minimum absolute atomic E-state index is 0.0445. The van der Waals surface area contributed by atoms with E-state index in [9.17, 15) is 4.39 Å². The van der Waals surface area contributed by atoms with Crippen LogP contribution in [0, 0.1) is 12.7 Å². The lowest BCUT2D eigenvalue weighted by Gasteiger charge is -2.35. The molecule has 1 atom stereocenters. The molecule has 0 bridgehead atoms. The van der Waals surface area contributed by atoms with Crippen molar-refractivity contribution in [2.24, 2.45) is 0 Å². The maximum Gasteiger partial charge on any atom is 0.123 e. The Bertz CT molecular complexity index is 376. The predicted octanol–water partition coefficient (Wildman–Crippen LogP) is 3.21. The molecule has 0 saturated carbocycles. The smallest absolute Gasteiger partial charge is 0.123 e. The molecule has 2 nitrogen and oxygen atoms in total. The fourth-order valence-corrected chi connectivity index (χ4v) is 2.30. The number of hydrogen-bond donors (Lipinski definition) is 1. The number of benzene rings is 1. The Morgan fingerprint density at radius 1 is 1.41 bits per heavy atom. The first-order valence-corrected chi connectivity index (χ1v) is 5.99. The van der Waals surface area contributed by atoms with Crippen LogP contribution in [0.1, 0.15) is 37.9 Å². The van der Waals surface area contributed by atoms with Crippen molar-refractivity contribution < 1.29 is 9.13 Å². The van der Waals surface area contributed by atoms with E-state index in [0.717, 1.165) is 11.1 Å². The van der Waals surface area contributed by atoms with Crippen LogP contribution < -0.4 is 5.32 Å². The molecule has 0 fully saturated rings. The Balaban J connectivity index is 3.09. The number of rotatable bonds is 5. The maximum absolute atomic E-state index is 13.1. The Kier molecular flexibility index (Phi) is 4.66. The van der Waals surface area contributed by atoms with Crippen molar-refractivity contribution in [2.75, 3.05) is 13.7 Å². The number of hydrogen-bond acceptors (Lipinski definition) is 2. The van der Waals surface area contributed by atoms with E-state index in [4.69, 9.17) is 4.74 Å². The monoisotopic (exact) mass is 239 g/mol. The SMILES string of the molecule is CCOC(C)(C)C(NC)c1ccc(F)cc1C. The third kappa shape index (κ3) is 3.27. The third-order valence-corrected chi connectivity index (χ3v) is 3.04. The van der Waals surface area contributed by atoms with Gasteiger partial charge in [0.15, 0.2) is 0 Å². The fourth-order valence-electron chi connectivity index (χ4n) is 2.30. The molecule has 1 aromatic carbocycles. The van der Waals surface area contributed by atoms with Gasteiger partial charge < -0.3 is 10.1 Å². The zero-order valence-electron chi connectivity index (χ0n) is 11.3. The lowest BCUT2D eigenvalue weighted by Crippen LogP contribution is -2.40. The average molecular weight is 239 g/mol. The van der Waals surface area contributed by atoms with Gasteiger partial charge in [-0.15, -0.1) is 0 Å². The molecule has 0 aliphatic rings. The molecule has 17 heavy (non-hydrogen) atoms. The highest BCUT2D eigenvalue weighted by atomic mass is 19.1. The van der Waals surface area contributed by atoms with Crippen LogP contribution in [0.5, 0.6) is 0 Å². The van der Waals surface area contributed by atoms with Gasteiger partial charge in [-0.3, -0.25) is 0 Å². The molecule has 0 radical (unpaired) electrons. The summed E-state index contributed by atoms with van der Waals surface area (Å²) in [6, 6.07) is 4.92. The highest BCUT2D eigenvalue weighted by molar-refractivity contribution is 5.31. The van der Waals surface area contributed by atoms with Gasteiger partial charge in [-0.1, -0.05) is 6.07 Å². The number of likely N-dealkylation sites (N-methyl/N-ethyl adjacent to an activating group) is 1. The van der Waals surface area contributed by atoms with E-state index in [0.29, 0.717) is 6.61 Å².